The molecular formula is C17H17ClN2O2. The van der Waals surface area contributed by atoms with E-state index in [4.69, 9.17) is 16.3 Å². The predicted molar refractivity (Wildman–Crippen MR) is 85.0 cm³/mol. The van der Waals surface area contributed by atoms with E-state index in [1.165, 1.54) is 0 Å². The van der Waals surface area contributed by atoms with Gasteiger partial charge in [-0.2, -0.15) is 0 Å². The lowest BCUT2D eigenvalue weighted by molar-refractivity contribution is -0.129. The van der Waals surface area contributed by atoms with Crippen molar-refractivity contribution in [1.29, 1.82) is 0 Å². The van der Waals surface area contributed by atoms with Gasteiger partial charge in [0.2, 0.25) is 5.91 Å². The first-order valence-electron chi connectivity index (χ1n) is 7.30. The molecule has 0 unspecified atom stereocenters. The SMILES string of the molecule is O=C(Cc1ccccc1Cl)N1CC[C@H](Oc2ccncc2)C1. The van der Waals surface area contributed by atoms with Crippen molar-refractivity contribution in [2.75, 3.05) is 13.1 Å². The van der Waals surface area contributed by atoms with Crippen LogP contribution in [0, 0.1) is 0 Å². The molecule has 1 fully saturated rings. The Balaban J connectivity index is 1.56. The van der Waals surface area contributed by atoms with Gasteiger partial charge in [-0.15, -0.1) is 0 Å². The number of aromatic nitrogens is 1. The van der Waals surface area contributed by atoms with Gasteiger partial charge in [0.25, 0.3) is 0 Å². The Morgan fingerprint density at radius 1 is 1.27 bits per heavy atom. The van der Waals surface area contributed by atoms with E-state index in [-0.39, 0.29) is 12.0 Å². The molecule has 0 radical (unpaired) electrons. The number of pyridine rings is 1. The summed E-state index contributed by atoms with van der Waals surface area (Å²) in [6, 6.07) is 11.1. The molecule has 5 heteroatoms. The van der Waals surface area contributed by atoms with E-state index < -0.39 is 0 Å². The van der Waals surface area contributed by atoms with E-state index in [1.54, 1.807) is 12.4 Å². The van der Waals surface area contributed by atoms with E-state index in [2.05, 4.69) is 4.98 Å². The summed E-state index contributed by atoms with van der Waals surface area (Å²) in [7, 11) is 0. The third-order valence-corrected chi connectivity index (χ3v) is 4.12. The second-order valence-corrected chi connectivity index (χ2v) is 5.73. The molecule has 1 aliphatic rings. The highest BCUT2D eigenvalue weighted by Crippen LogP contribution is 2.20. The summed E-state index contributed by atoms with van der Waals surface area (Å²) < 4.78 is 5.87. The average Bonchev–Trinajstić information content (AvgIpc) is 2.99. The number of nitrogens with zero attached hydrogens (tertiary/aromatic N) is 2. The summed E-state index contributed by atoms with van der Waals surface area (Å²) in [5.74, 6) is 0.884. The molecule has 1 amide bonds. The summed E-state index contributed by atoms with van der Waals surface area (Å²) in [6.45, 7) is 1.34. The van der Waals surface area contributed by atoms with Crippen LogP contribution in [-0.4, -0.2) is 35.0 Å². The molecule has 3 rings (SSSR count). The molecule has 0 aliphatic carbocycles. The number of ether oxygens (including phenoxy) is 1. The van der Waals surface area contributed by atoms with Gasteiger partial charge >= 0.3 is 0 Å². The van der Waals surface area contributed by atoms with Crippen molar-refractivity contribution in [2.45, 2.75) is 18.9 Å². The van der Waals surface area contributed by atoms with Crippen molar-refractivity contribution in [1.82, 2.24) is 9.88 Å². The highest BCUT2D eigenvalue weighted by molar-refractivity contribution is 6.31. The molecule has 2 aromatic rings. The van der Waals surface area contributed by atoms with Crippen molar-refractivity contribution in [3.63, 3.8) is 0 Å². The molecule has 4 nitrogen and oxygen atoms in total. The van der Waals surface area contributed by atoms with Crippen LogP contribution in [0.2, 0.25) is 5.02 Å². The molecule has 0 bridgehead atoms. The highest BCUT2D eigenvalue weighted by Gasteiger charge is 2.27. The van der Waals surface area contributed by atoms with Crippen LogP contribution in [-0.2, 0) is 11.2 Å². The predicted octanol–water partition coefficient (Wildman–Crippen LogP) is 2.96. The molecule has 1 aliphatic heterocycles. The van der Waals surface area contributed by atoms with Gasteiger partial charge in [0, 0.05) is 30.4 Å². The van der Waals surface area contributed by atoms with Gasteiger partial charge in [-0.3, -0.25) is 9.78 Å². The Kier molecular flexibility index (Phi) is 4.59. The van der Waals surface area contributed by atoms with Gasteiger partial charge in [0.15, 0.2) is 0 Å². The van der Waals surface area contributed by atoms with E-state index in [0.717, 1.165) is 24.3 Å². The van der Waals surface area contributed by atoms with Crippen molar-refractivity contribution in [3.05, 3.63) is 59.4 Å². The lowest BCUT2D eigenvalue weighted by Crippen LogP contribution is -2.32. The standard InChI is InChI=1S/C17H17ClN2O2/c18-16-4-2-1-3-13(16)11-17(21)20-10-7-15(12-20)22-14-5-8-19-9-6-14/h1-6,8-9,15H,7,10-12H2/t15-/m0/s1. The van der Waals surface area contributed by atoms with Crippen molar-refractivity contribution >= 4 is 17.5 Å². The molecule has 1 saturated heterocycles. The molecule has 1 atom stereocenters. The molecule has 0 saturated carbocycles. The number of hydrogen-bond acceptors (Lipinski definition) is 3. The zero-order valence-corrected chi connectivity index (χ0v) is 12.9. The van der Waals surface area contributed by atoms with Crippen LogP contribution in [0.4, 0.5) is 0 Å². The first kappa shape index (κ1) is 14.9. The third-order valence-electron chi connectivity index (χ3n) is 3.75. The summed E-state index contributed by atoms with van der Waals surface area (Å²) >= 11 is 6.11. The fourth-order valence-electron chi connectivity index (χ4n) is 2.58. The minimum absolute atomic E-state index is 0.0394. The second kappa shape index (κ2) is 6.79. The number of carbonyl (C=O) groups excluding carboxylic acids is 1. The van der Waals surface area contributed by atoms with Gasteiger partial charge in [0.1, 0.15) is 11.9 Å². The summed E-state index contributed by atoms with van der Waals surface area (Å²) in [5.41, 5.74) is 0.868. The van der Waals surface area contributed by atoms with E-state index >= 15 is 0 Å². The first-order valence-corrected chi connectivity index (χ1v) is 7.68. The molecular weight excluding hydrogens is 300 g/mol. The Bertz CT molecular complexity index is 648. The van der Waals surface area contributed by atoms with Crippen molar-refractivity contribution < 1.29 is 9.53 Å². The number of likely N-dealkylation sites (tertiary alicyclic amines) is 1. The second-order valence-electron chi connectivity index (χ2n) is 5.32. The summed E-state index contributed by atoms with van der Waals surface area (Å²) in [5, 5.41) is 0.639. The number of amides is 1. The van der Waals surface area contributed by atoms with Gasteiger partial charge in [-0.25, -0.2) is 0 Å². The smallest absolute Gasteiger partial charge is 0.227 e. The Morgan fingerprint density at radius 3 is 2.82 bits per heavy atom. The minimum atomic E-state index is 0.0394. The van der Waals surface area contributed by atoms with Crippen LogP contribution in [0.3, 0.4) is 0 Å². The minimum Gasteiger partial charge on any atom is -0.488 e. The topological polar surface area (TPSA) is 42.4 Å². The molecule has 114 valence electrons. The molecule has 2 heterocycles. The van der Waals surface area contributed by atoms with Crippen LogP contribution in [0.5, 0.6) is 5.75 Å². The first-order chi connectivity index (χ1) is 10.7. The monoisotopic (exact) mass is 316 g/mol. The average molecular weight is 317 g/mol. The van der Waals surface area contributed by atoms with Crippen LogP contribution in [0.25, 0.3) is 0 Å². The molecule has 22 heavy (non-hydrogen) atoms. The molecule has 1 aromatic carbocycles. The number of halogens is 1. The zero-order valence-electron chi connectivity index (χ0n) is 12.1. The number of carbonyl (C=O) groups is 1. The Morgan fingerprint density at radius 2 is 2.05 bits per heavy atom. The number of benzene rings is 1. The lowest BCUT2D eigenvalue weighted by atomic mass is 10.1. The highest BCUT2D eigenvalue weighted by atomic mass is 35.5. The summed E-state index contributed by atoms with van der Waals surface area (Å²) in [4.78, 5) is 18.2. The molecule has 1 aromatic heterocycles. The van der Waals surface area contributed by atoms with Crippen LogP contribution in [0.15, 0.2) is 48.8 Å². The van der Waals surface area contributed by atoms with E-state index in [9.17, 15) is 4.79 Å². The van der Waals surface area contributed by atoms with Gasteiger partial charge in [-0.05, 0) is 23.8 Å². The van der Waals surface area contributed by atoms with E-state index in [0.29, 0.717) is 18.0 Å². The maximum atomic E-state index is 12.4. The third kappa shape index (κ3) is 3.57. The maximum Gasteiger partial charge on any atom is 0.227 e. The normalized spacial score (nSPS) is 17.5. The largest absolute Gasteiger partial charge is 0.488 e. The van der Waals surface area contributed by atoms with Crippen LogP contribution in [0.1, 0.15) is 12.0 Å². The fourth-order valence-corrected chi connectivity index (χ4v) is 2.78. The lowest BCUT2D eigenvalue weighted by Gasteiger charge is -2.17. The molecule has 0 spiro atoms. The van der Waals surface area contributed by atoms with Gasteiger partial charge in [0.05, 0.1) is 13.0 Å². The quantitative estimate of drug-likeness (QED) is 0.871. The zero-order chi connectivity index (χ0) is 15.4. The Labute approximate surface area is 134 Å². The number of hydrogen-bond donors (Lipinski definition) is 0. The van der Waals surface area contributed by atoms with Crippen LogP contribution >= 0.6 is 11.6 Å². The van der Waals surface area contributed by atoms with Gasteiger partial charge in [-0.1, -0.05) is 29.8 Å². The number of rotatable bonds is 4. The van der Waals surface area contributed by atoms with Gasteiger partial charge < -0.3 is 9.64 Å². The summed E-state index contributed by atoms with van der Waals surface area (Å²) in [6.07, 6.45) is 4.62. The fraction of sp³-hybridized carbons (Fsp3) is 0.294. The van der Waals surface area contributed by atoms with E-state index in [1.807, 2.05) is 41.3 Å². The Hall–Kier alpha value is -2.07. The maximum absolute atomic E-state index is 12.4. The van der Waals surface area contributed by atoms with Crippen molar-refractivity contribution in [3.8, 4) is 5.75 Å². The molecule has 0 N–H and O–H groups in total. The van der Waals surface area contributed by atoms with Crippen molar-refractivity contribution in [2.24, 2.45) is 0 Å². The van der Waals surface area contributed by atoms with Crippen LogP contribution < -0.4 is 4.74 Å².